The summed E-state index contributed by atoms with van der Waals surface area (Å²) >= 11 is 0. The third-order valence-electron chi connectivity index (χ3n) is 4.33. The van der Waals surface area contributed by atoms with Crippen LogP contribution in [0.5, 0.6) is 0 Å². The molecule has 0 radical (unpaired) electrons. The molecule has 0 aliphatic carbocycles. The van der Waals surface area contributed by atoms with Crippen LogP contribution in [0.2, 0.25) is 0 Å². The Balaban J connectivity index is 1.86. The van der Waals surface area contributed by atoms with E-state index in [-0.39, 0.29) is 30.2 Å². The number of nitrogens with one attached hydrogen (secondary N) is 2. The number of anilines is 1. The molecule has 2 rings (SSSR count). The van der Waals surface area contributed by atoms with E-state index in [1.807, 2.05) is 38.1 Å². The summed E-state index contributed by atoms with van der Waals surface area (Å²) < 4.78 is 13.0. The van der Waals surface area contributed by atoms with Gasteiger partial charge in [-0.15, -0.1) is 0 Å². The van der Waals surface area contributed by atoms with Gasteiger partial charge in [-0.1, -0.05) is 29.8 Å². The highest BCUT2D eigenvalue weighted by Gasteiger charge is 2.21. The molecule has 2 aromatic rings. The lowest BCUT2D eigenvalue weighted by molar-refractivity contribution is -0.135. The van der Waals surface area contributed by atoms with Crippen LogP contribution in [-0.2, 0) is 9.59 Å². The Bertz CT molecular complexity index is 775. The first-order chi connectivity index (χ1) is 12.8. The minimum absolute atomic E-state index is 0.0380. The molecule has 0 aliphatic rings. The van der Waals surface area contributed by atoms with Crippen LogP contribution >= 0.6 is 0 Å². The van der Waals surface area contributed by atoms with E-state index in [2.05, 4.69) is 10.6 Å². The van der Waals surface area contributed by atoms with Crippen LogP contribution in [0.1, 0.15) is 31.0 Å². The van der Waals surface area contributed by atoms with Gasteiger partial charge in [-0.3, -0.25) is 14.9 Å². The Labute approximate surface area is 159 Å². The van der Waals surface area contributed by atoms with Crippen LogP contribution in [-0.4, -0.2) is 36.3 Å². The van der Waals surface area contributed by atoms with Gasteiger partial charge in [0.2, 0.25) is 11.8 Å². The average Bonchev–Trinajstić information content (AvgIpc) is 2.63. The lowest BCUT2D eigenvalue weighted by Gasteiger charge is -2.24. The topological polar surface area (TPSA) is 61.4 Å². The minimum Gasteiger partial charge on any atom is -0.335 e. The zero-order valence-electron chi connectivity index (χ0n) is 16.1. The van der Waals surface area contributed by atoms with Gasteiger partial charge in [0, 0.05) is 18.8 Å². The number of aryl methyl sites for hydroxylation is 1. The Hall–Kier alpha value is -2.73. The Morgan fingerprint density at radius 3 is 2.22 bits per heavy atom. The molecule has 2 amide bonds. The highest BCUT2D eigenvalue weighted by atomic mass is 19.1. The van der Waals surface area contributed by atoms with Gasteiger partial charge < -0.3 is 10.2 Å². The van der Waals surface area contributed by atoms with Crippen molar-refractivity contribution in [3.8, 4) is 0 Å². The number of hydrogen-bond acceptors (Lipinski definition) is 3. The Morgan fingerprint density at radius 1 is 1.04 bits per heavy atom. The number of carbonyl (C=O) groups is 2. The van der Waals surface area contributed by atoms with Gasteiger partial charge in [-0.05, 0) is 50.6 Å². The van der Waals surface area contributed by atoms with E-state index in [1.54, 1.807) is 26.1 Å². The Morgan fingerprint density at radius 2 is 1.63 bits per heavy atom. The number of nitrogens with zero attached hydrogens (tertiary/aromatic N) is 1. The lowest BCUT2D eigenvalue weighted by atomic mass is 10.1. The summed E-state index contributed by atoms with van der Waals surface area (Å²) in [7, 11) is 1.60. The van der Waals surface area contributed by atoms with E-state index in [1.165, 1.54) is 17.0 Å². The molecule has 0 bridgehead atoms. The summed E-state index contributed by atoms with van der Waals surface area (Å²) in [6.45, 7) is 5.58. The van der Waals surface area contributed by atoms with Crippen molar-refractivity contribution in [1.29, 1.82) is 0 Å². The molecule has 0 saturated carbocycles. The van der Waals surface area contributed by atoms with Crippen LogP contribution in [0.3, 0.4) is 0 Å². The second-order valence-corrected chi connectivity index (χ2v) is 6.77. The second-order valence-electron chi connectivity index (χ2n) is 6.77. The van der Waals surface area contributed by atoms with E-state index in [0.29, 0.717) is 5.69 Å². The largest absolute Gasteiger partial charge is 0.335 e. The van der Waals surface area contributed by atoms with Crippen molar-refractivity contribution in [3.05, 3.63) is 65.5 Å². The summed E-state index contributed by atoms with van der Waals surface area (Å²) in [5.41, 5.74) is 2.69. The molecule has 2 atom stereocenters. The molecule has 27 heavy (non-hydrogen) atoms. The average molecular weight is 371 g/mol. The van der Waals surface area contributed by atoms with Crippen molar-refractivity contribution in [2.45, 2.75) is 32.9 Å². The number of amides is 2. The second kappa shape index (κ2) is 9.28. The molecule has 0 fully saturated rings. The lowest BCUT2D eigenvalue weighted by Crippen LogP contribution is -2.46. The summed E-state index contributed by atoms with van der Waals surface area (Å²) in [6, 6.07) is 13.0. The van der Waals surface area contributed by atoms with Crippen LogP contribution in [0.25, 0.3) is 0 Å². The fraction of sp³-hybridized carbons (Fsp3) is 0.333. The van der Waals surface area contributed by atoms with E-state index in [0.717, 1.165) is 11.1 Å². The molecule has 0 heterocycles. The first-order valence-corrected chi connectivity index (χ1v) is 8.89. The first-order valence-electron chi connectivity index (χ1n) is 8.89. The third kappa shape index (κ3) is 6.18. The van der Waals surface area contributed by atoms with Crippen molar-refractivity contribution < 1.29 is 14.0 Å². The standard InChI is InChI=1S/C21H26FN3O2/c1-14-5-11-19(12-6-14)24-20(26)13-25(4)21(27)16(3)23-15(2)17-7-9-18(22)10-8-17/h5-12,15-16,23H,13H2,1-4H3,(H,24,26)/t15-,16+/m1/s1. The van der Waals surface area contributed by atoms with E-state index < -0.39 is 6.04 Å². The Kier molecular flexibility index (Phi) is 7.07. The molecule has 6 heteroatoms. The SMILES string of the molecule is Cc1ccc(NC(=O)CN(C)C(=O)[C@H](C)N[C@H](C)c2ccc(F)cc2)cc1. The van der Waals surface area contributed by atoms with Crippen molar-refractivity contribution in [2.75, 3.05) is 18.9 Å². The number of carbonyl (C=O) groups excluding carboxylic acids is 2. The summed E-state index contributed by atoms with van der Waals surface area (Å²) in [4.78, 5) is 26.1. The molecular weight excluding hydrogens is 345 g/mol. The zero-order valence-corrected chi connectivity index (χ0v) is 16.1. The van der Waals surface area contributed by atoms with Gasteiger partial charge in [0.1, 0.15) is 5.82 Å². The maximum Gasteiger partial charge on any atom is 0.243 e. The minimum atomic E-state index is -0.484. The molecule has 0 aromatic heterocycles. The number of rotatable bonds is 7. The molecule has 0 saturated heterocycles. The smallest absolute Gasteiger partial charge is 0.243 e. The third-order valence-corrected chi connectivity index (χ3v) is 4.33. The van der Waals surface area contributed by atoms with Gasteiger partial charge in [0.15, 0.2) is 0 Å². The summed E-state index contributed by atoms with van der Waals surface area (Å²) in [5, 5.41) is 5.96. The highest BCUT2D eigenvalue weighted by Crippen LogP contribution is 2.14. The van der Waals surface area contributed by atoms with Crippen LogP contribution < -0.4 is 10.6 Å². The maximum absolute atomic E-state index is 13.0. The maximum atomic E-state index is 13.0. The fourth-order valence-corrected chi connectivity index (χ4v) is 2.76. The van der Waals surface area contributed by atoms with Gasteiger partial charge in [0.25, 0.3) is 0 Å². The number of halogens is 1. The molecule has 0 spiro atoms. The fourth-order valence-electron chi connectivity index (χ4n) is 2.76. The normalized spacial score (nSPS) is 12.9. The quantitative estimate of drug-likeness (QED) is 0.785. The van der Waals surface area contributed by atoms with E-state index in [4.69, 9.17) is 0 Å². The predicted octanol–water partition coefficient (Wildman–Crippen LogP) is 3.27. The predicted molar refractivity (Wildman–Crippen MR) is 105 cm³/mol. The zero-order chi connectivity index (χ0) is 20.0. The van der Waals surface area contributed by atoms with Gasteiger partial charge in [-0.2, -0.15) is 0 Å². The number of benzene rings is 2. The summed E-state index contributed by atoms with van der Waals surface area (Å²) in [6.07, 6.45) is 0. The van der Waals surface area contributed by atoms with Crippen molar-refractivity contribution in [3.63, 3.8) is 0 Å². The molecule has 5 nitrogen and oxygen atoms in total. The molecular formula is C21H26FN3O2. The molecule has 144 valence electrons. The van der Waals surface area contributed by atoms with Gasteiger partial charge >= 0.3 is 0 Å². The van der Waals surface area contributed by atoms with Crippen molar-refractivity contribution >= 4 is 17.5 Å². The first kappa shape index (κ1) is 20.6. The number of hydrogen-bond donors (Lipinski definition) is 2. The van der Waals surface area contributed by atoms with Crippen LogP contribution in [0, 0.1) is 12.7 Å². The molecule has 0 aliphatic heterocycles. The van der Waals surface area contributed by atoms with Crippen molar-refractivity contribution in [1.82, 2.24) is 10.2 Å². The molecule has 2 aromatic carbocycles. The molecule has 2 N–H and O–H groups in total. The van der Waals surface area contributed by atoms with Crippen LogP contribution in [0.4, 0.5) is 10.1 Å². The molecule has 0 unspecified atom stereocenters. The van der Waals surface area contributed by atoms with Gasteiger partial charge in [0.05, 0.1) is 12.6 Å². The monoisotopic (exact) mass is 371 g/mol. The van der Waals surface area contributed by atoms with Gasteiger partial charge in [-0.25, -0.2) is 4.39 Å². The highest BCUT2D eigenvalue weighted by molar-refractivity contribution is 5.95. The number of likely N-dealkylation sites (N-methyl/N-ethyl adjacent to an activating group) is 1. The van der Waals surface area contributed by atoms with Crippen molar-refractivity contribution in [2.24, 2.45) is 0 Å². The summed E-state index contributed by atoms with van der Waals surface area (Å²) in [5.74, 6) is -0.745. The van der Waals surface area contributed by atoms with Crippen LogP contribution in [0.15, 0.2) is 48.5 Å². The van der Waals surface area contributed by atoms with E-state index in [9.17, 15) is 14.0 Å². The van der Waals surface area contributed by atoms with E-state index >= 15 is 0 Å².